The zero-order valence-electron chi connectivity index (χ0n) is 14.5. The van der Waals surface area contributed by atoms with Gasteiger partial charge in [-0.1, -0.05) is 26.0 Å². The van der Waals surface area contributed by atoms with Crippen molar-refractivity contribution in [1.29, 1.82) is 0 Å². The van der Waals surface area contributed by atoms with E-state index in [9.17, 15) is 10.2 Å². The van der Waals surface area contributed by atoms with Crippen molar-refractivity contribution in [3.05, 3.63) is 54.1 Å². The van der Waals surface area contributed by atoms with Crippen LogP contribution in [0.1, 0.15) is 31.7 Å². The molecule has 0 unspecified atom stereocenters. The van der Waals surface area contributed by atoms with Gasteiger partial charge in [0.2, 0.25) is 6.29 Å². The maximum atomic E-state index is 9.66. The van der Waals surface area contributed by atoms with E-state index in [2.05, 4.69) is 26.0 Å². The average molecular weight is 344 g/mol. The molecule has 0 spiro atoms. The molecule has 2 aromatic rings. The Balaban J connectivity index is 1.57. The highest BCUT2D eigenvalue weighted by Crippen LogP contribution is 2.27. The Hall–Kier alpha value is -2.08. The van der Waals surface area contributed by atoms with Crippen LogP contribution in [0.25, 0.3) is 0 Å². The monoisotopic (exact) mass is 344 g/mol. The Morgan fingerprint density at radius 2 is 1.44 bits per heavy atom. The molecule has 0 bridgehead atoms. The molecule has 1 heterocycles. The first-order chi connectivity index (χ1) is 12.0. The van der Waals surface area contributed by atoms with Crippen LogP contribution < -0.4 is 9.47 Å². The van der Waals surface area contributed by atoms with E-state index in [0.29, 0.717) is 17.4 Å². The molecule has 2 N–H and O–H groups in total. The minimum Gasteiger partial charge on any atom is -0.465 e. The van der Waals surface area contributed by atoms with Gasteiger partial charge in [-0.05, 0) is 47.9 Å². The molecule has 2 aromatic carbocycles. The molecule has 0 amide bonds. The molecule has 134 valence electrons. The maximum absolute atomic E-state index is 9.66. The van der Waals surface area contributed by atoms with Crippen molar-refractivity contribution in [2.24, 2.45) is 0 Å². The van der Waals surface area contributed by atoms with E-state index in [0.717, 1.165) is 5.75 Å². The average Bonchev–Trinajstić information content (AvgIpc) is 2.60. The zero-order valence-corrected chi connectivity index (χ0v) is 14.5. The van der Waals surface area contributed by atoms with Gasteiger partial charge in [0.25, 0.3) is 0 Å². The van der Waals surface area contributed by atoms with Gasteiger partial charge in [-0.2, -0.15) is 0 Å². The van der Waals surface area contributed by atoms with Crippen LogP contribution in [0.3, 0.4) is 0 Å². The van der Waals surface area contributed by atoms with E-state index >= 15 is 0 Å². The predicted octanol–water partition coefficient (Wildman–Crippen LogP) is 3.45. The molecule has 5 heteroatoms. The van der Waals surface area contributed by atoms with Crippen LogP contribution in [-0.4, -0.2) is 35.3 Å². The Labute approximate surface area is 147 Å². The summed E-state index contributed by atoms with van der Waals surface area (Å²) in [6.45, 7) is 4.38. The fourth-order valence-electron chi connectivity index (χ4n) is 2.62. The van der Waals surface area contributed by atoms with Crippen molar-refractivity contribution in [3.8, 4) is 17.2 Å². The Bertz CT molecular complexity index is 665. The van der Waals surface area contributed by atoms with Crippen molar-refractivity contribution in [2.45, 2.75) is 44.7 Å². The summed E-state index contributed by atoms with van der Waals surface area (Å²) in [4.78, 5) is 0. The van der Waals surface area contributed by atoms with Crippen LogP contribution in [0.15, 0.2) is 48.5 Å². The SMILES string of the molecule is CC(C)c1ccc(Oc2ccc(O[C@@H]3C[C@@H](O)[C@@H](O)CO3)cc2)cc1. The van der Waals surface area contributed by atoms with E-state index < -0.39 is 18.5 Å². The maximum Gasteiger partial charge on any atom is 0.202 e. The van der Waals surface area contributed by atoms with Gasteiger partial charge in [-0.25, -0.2) is 0 Å². The second kappa shape index (κ2) is 7.87. The summed E-state index contributed by atoms with van der Waals surface area (Å²) in [7, 11) is 0. The molecular formula is C20H24O5. The highest BCUT2D eigenvalue weighted by molar-refractivity contribution is 5.36. The molecule has 3 rings (SSSR count). The predicted molar refractivity (Wildman–Crippen MR) is 94.0 cm³/mol. The smallest absolute Gasteiger partial charge is 0.202 e. The molecule has 0 aliphatic carbocycles. The Kier molecular flexibility index (Phi) is 5.58. The van der Waals surface area contributed by atoms with E-state index in [-0.39, 0.29) is 13.0 Å². The third-order valence-electron chi connectivity index (χ3n) is 4.20. The van der Waals surface area contributed by atoms with Crippen LogP contribution in [0.2, 0.25) is 0 Å². The molecule has 1 aliphatic heterocycles. The van der Waals surface area contributed by atoms with Gasteiger partial charge >= 0.3 is 0 Å². The van der Waals surface area contributed by atoms with Gasteiger partial charge in [0, 0.05) is 6.42 Å². The Morgan fingerprint density at radius 1 is 0.880 bits per heavy atom. The lowest BCUT2D eigenvalue weighted by molar-refractivity contribution is -0.182. The fraction of sp³-hybridized carbons (Fsp3) is 0.400. The molecular weight excluding hydrogens is 320 g/mol. The van der Waals surface area contributed by atoms with E-state index in [1.54, 1.807) is 12.1 Å². The first kappa shape index (κ1) is 17.7. The topological polar surface area (TPSA) is 68.2 Å². The highest BCUT2D eigenvalue weighted by atomic mass is 16.7. The second-order valence-corrected chi connectivity index (χ2v) is 6.55. The molecule has 1 aliphatic rings. The number of rotatable bonds is 5. The van der Waals surface area contributed by atoms with Crippen LogP contribution in [0.5, 0.6) is 17.2 Å². The minimum atomic E-state index is -0.849. The number of hydrogen-bond donors (Lipinski definition) is 2. The van der Waals surface area contributed by atoms with Crippen molar-refractivity contribution < 1.29 is 24.4 Å². The summed E-state index contributed by atoms with van der Waals surface area (Å²) in [5, 5.41) is 19.1. The fourth-order valence-corrected chi connectivity index (χ4v) is 2.62. The number of benzene rings is 2. The van der Waals surface area contributed by atoms with Gasteiger partial charge in [0.05, 0.1) is 12.7 Å². The van der Waals surface area contributed by atoms with Gasteiger partial charge in [0.1, 0.15) is 23.4 Å². The molecule has 25 heavy (non-hydrogen) atoms. The van der Waals surface area contributed by atoms with Crippen molar-refractivity contribution in [1.82, 2.24) is 0 Å². The molecule has 5 nitrogen and oxygen atoms in total. The molecule has 0 radical (unpaired) electrons. The normalized spacial score (nSPS) is 23.5. The van der Waals surface area contributed by atoms with E-state index in [4.69, 9.17) is 14.2 Å². The number of ether oxygens (including phenoxy) is 3. The van der Waals surface area contributed by atoms with Crippen LogP contribution >= 0.6 is 0 Å². The van der Waals surface area contributed by atoms with Gasteiger partial charge in [-0.3, -0.25) is 0 Å². The lowest BCUT2D eigenvalue weighted by Gasteiger charge is -2.30. The van der Waals surface area contributed by atoms with Crippen LogP contribution in [0, 0.1) is 0 Å². The quantitative estimate of drug-likeness (QED) is 0.869. The first-order valence-corrected chi connectivity index (χ1v) is 8.53. The van der Waals surface area contributed by atoms with Gasteiger partial charge in [-0.15, -0.1) is 0 Å². The number of aliphatic hydroxyl groups excluding tert-OH is 2. The standard InChI is InChI=1S/C20H24O5/c1-13(2)14-3-5-15(6-4-14)24-16-7-9-17(10-8-16)25-20-11-18(21)19(22)12-23-20/h3-10,13,18-22H,11-12H2,1-2H3/t18-,19+,20-/m1/s1. The summed E-state index contributed by atoms with van der Waals surface area (Å²) >= 11 is 0. The van der Waals surface area contributed by atoms with Gasteiger partial charge in [0.15, 0.2) is 0 Å². The van der Waals surface area contributed by atoms with Crippen molar-refractivity contribution in [2.75, 3.05) is 6.61 Å². The van der Waals surface area contributed by atoms with Gasteiger partial charge < -0.3 is 24.4 Å². The number of hydrogen-bond acceptors (Lipinski definition) is 5. The lowest BCUT2D eigenvalue weighted by atomic mass is 10.0. The summed E-state index contributed by atoms with van der Waals surface area (Å²) in [5.41, 5.74) is 1.27. The Morgan fingerprint density at radius 3 is 2.00 bits per heavy atom. The molecule has 1 fully saturated rings. The van der Waals surface area contributed by atoms with Crippen molar-refractivity contribution in [3.63, 3.8) is 0 Å². The minimum absolute atomic E-state index is 0.0688. The third kappa shape index (κ3) is 4.72. The number of aliphatic hydroxyl groups is 2. The molecule has 3 atom stereocenters. The zero-order chi connectivity index (χ0) is 17.8. The third-order valence-corrected chi connectivity index (χ3v) is 4.20. The molecule has 1 saturated heterocycles. The van der Waals surface area contributed by atoms with E-state index in [1.807, 2.05) is 24.3 Å². The summed E-state index contributed by atoms with van der Waals surface area (Å²) in [5.74, 6) is 2.61. The molecule has 0 saturated carbocycles. The second-order valence-electron chi connectivity index (χ2n) is 6.55. The summed E-state index contributed by atoms with van der Waals surface area (Å²) < 4.78 is 16.9. The van der Waals surface area contributed by atoms with Crippen LogP contribution in [-0.2, 0) is 4.74 Å². The first-order valence-electron chi connectivity index (χ1n) is 8.53. The summed E-state index contributed by atoms with van der Waals surface area (Å²) in [6, 6.07) is 15.3. The van der Waals surface area contributed by atoms with E-state index in [1.165, 1.54) is 5.56 Å². The lowest BCUT2D eigenvalue weighted by Crippen LogP contribution is -2.43. The summed E-state index contributed by atoms with van der Waals surface area (Å²) in [6.07, 6.45) is -2.00. The molecule has 0 aromatic heterocycles. The largest absolute Gasteiger partial charge is 0.465 e. The van der Waals surface area contributed by atoms with Crippen molar-refractivity contribution >= 4 is 0 Å². The highest BCUT2D eigenvalue weighted by Gasteiger charge is 2.29. The van der Waals surface area contributed by atoms with Crippen LogP contribution in [0.4, 0.5) is 0 Å².